The minimum Gasteiger partial charge on any atom is -0.481 e. The lowest BCUT2D eigenvalue weighted by atomic mass is 9.79. The number of halogens is 2. The largest absolute Gasteiger partial charge is 0.481 e. The quantitative estimate of drug-likeness (QED) is 0.866. The first-order valence-electron chi connectivity index (χ1n) is 6.65. The molecule has 1 aliphatic rings. The van der Waals surface area contributed by atoms with Crippen molar-refractivity contribution in [3.63, 3.8) is 0 Å². The summed E-state index contributed by atoms with van der Waals surface area (Å²) < 4.78 is 0. The Bertz CT molecular complexity index is 487. The van der Waals surface area contributed by atoms with E-state index in [1.807, 2.05) is 12.1 Å². The topological polar surface area (TPSA) is 37.3 Å². The van der Waals surface area contributed by atoms with E-state index in [1.54, 1.807) is 6.07 Å². The highest BCUT2D eigenvalue weighted by Crippen LogP contribution is 2.46. The molecule has 4 heteroatoms. The highest BCUT2D eigenvalue weighted by Gasteiger charge is 2.45. The van der Waals surface area contributed by atoms with Crippen LogP contribution in [0.5, 0.6) is 0 Å². The average Bonchev–Trinajstić information content (AvgIpc) is 2.80. The third kappa shape index (κ3) is 2.90. The summed E-state index contributed by atoms with van der Waals surface area (Å²) >= 11 is 12.2. The van der Waals surface area contributed by atoms with Gasteiger partial charge >= 0.3 is 5.97 Å². The summed E-state index contributed by atoms with van der Waals surface area (Å²) in [6, 6.07) is 5.42. The zero-order valence-electron chi connectivity index (χ0n) is 11.0. The number of hydrogen-bond donors (Lipinski definition) is 1. The van der Waals surface area contributed by atoms with E-state index in [2.05, 4.69) is 6.92 Å². The molecule has 104 valence electrons. The molecule has 1 saturated carbocycles. The molecule has 1 aromatic carbocycles. The Balaban J connectivity index is 2.28. The van der Waals surface area contributed by atoms with Gasteiger partial charge in [0.2, 0.25) is 0 Å². The molecular weight excluding hydrogens is 283 g/mol. The number of carboxylic acid groups (broad SMARTS) is 1. The standard InChI is InChI=1S/C15H18Cl2O2/c1-2-10-6-7-15(8-10,14(18)19)9-11-4-3-5-12(16)13(11)17/h3-5,10H,2,6-9H2,1H3,(H,18,19). The molecule has 0 bridgehead atoms. The highest BCUT2D eigenvalue weighted by atomic mass is 35.5. The molecule has 0 saturated heterocycles. The van der Waals surface area contributed by atoms with Gasteiger partial charge in [-0.05, 0) is 43.2 Å². The first-order valence-corrected chi connectivity index (χ1v) is 7.40. The third-order valence-corrected chi connectivity index (χ3v) is 5.16. The summed E-state index contributed by atoms with van der Waals surface area (Å²) in [4.78, 5) is 11.7. The van der Waals surface area contributed by atoms with Gasteiger partial charge in [-0.3, -0.25) is 4.79 Å². The molecule has 1 fully saturated rings. The van der Waals surface area contributed by atoms with E-state index in [-0.39, 0.29) is 0 Å². The predicted octanol–water partition coefficient (Wildman–Crippen LogP) is 4.82. The van der Waals surface area contributed by atoms with Gasteiger partial charge in [0.25, 0.3) is 0 Å². The van der Waals surface area contributed by atoms with Crippen LogP contribution in [0.25, 0.3) is 0 Å². The summed E-state index contributed by atoms with van der Waals surface area (Å²) in [5.74, 6) is -0.200. The van der Waals surface area contributed by atoms with Crippen LogP contribution in [0.2, 0.25) is 10.0 Å². The van der Waals surface area contributed by atoms with Gasteiger partial charge in [-0.2, -0.15) is 0 Å². The Morgan fingerprint density at radius 2 is 2.21 bits per heavy atom. The van der Waals surface area contributed by atoms with Crippen molar-refractivity contribution in [1.29, 1.82) is 0 Å². The first-order chi connectivity index (χ1) is 8.98. The van der Waals surface area contributed by atoms with Gasteiger partial charge in [-0.1, -0.05) is 48.7 Å². The summed E-state index contributed by atoms with van der Waals surface area (Å²) in [6.45, 7) is 2.12. The van der Waals surface area contributed by atoms with Gasteiger partial charge in [0, 0.05) is 0 Å². The number of aliphatic carboxylic acids is 1. The maximum absolute atomic E-state index is 11.7. The first kappa shape index (κ1) is 14.7. The second-order valence-electron chi connectivity index (χ2n) is 5.49. The third-order valence-electron chi connectivity index (χ3n) is 4.30. The zero-order valence-corrected chi connectivity index (χ0v) is 12.5. The van der Waals surface area contributed by atoms with Crippen molar-refractivity contribution in [1.82, 2.24) is 0 Å². The number of benzene rings is 1. The smallest absolute Gasteiger partial charge is 0.309 e. The van der Waals surface area contributed by atoms with Crippen LogP contribution in [0.3, 0.4) is 0 Å². The molecule has 2 unspecified atom stereocenters. The monoisotopic (exact) mass is 300 g/mol. The fourth-order valence-corrected chi connectivity index (χ4v) is 3.45. The van der Waals surface area contributed by atoms with E-state index in [9.17, 15) is 9.90 Å². The molecule has 0 spiro atoms. The van der Waals surface area contributed by atoms with E-state index in [0.717, 1.165) is 31.2 Å². The lowest BCUT2D eigenvalue weighted by Gasteiger charge is -2.25. The maximum Gasteiger partial charge on any atom is 0.309 e. The van der Waals surface area contributed by atoms with Crippen molar-refractivity contribution >= 4 is 29.2 Å². The Labute approximate surface area is 123 Å². The summed E-state index contributed by atoms with van der Waals surface area (Å²) in [6.07, 6.45) is 3.96. The van der Waals surface area contributed by atoms with Crippen molar-refractivity contribution in [3.8, 4) is 0 Å². The lowest BCUT2D eigenvalue weighted by Crippen LogP contribution is -2.31. The fourth-order valence-electron chi connectivity index (χ4n) is 3.07. The molecule has 1 N–H and O–H groups in total. The number of hydrogen-bond acceptors (Lipinski definition) is 1. The number of carbonyl (C=O) groups is 1. The van der Waals surface area contributed by atoms with E-state index in [4.69, 9.17) is 23.2 Å². The molecule has 1 aliphatic carbocycles. The molecule has 2 nitrogen and oxygen atoms in total. The molecule has 0 aliphatic heterocycles. The van der Waals surface area contributed by atoms with Crippen molar-refractivity contribution in [2.75, 3.05) is 0 Å². The van der Waals surface area contributed by atoms with Crippen LogP contribution < -0.4 is 0 Å². The van der Waals surface area contributed by atoms with E-state index in [0.29, 0.717) is 22.4 Å². The second kappa shape index (κ2) is 5.72. The molecule has 0 aromatic heterocycles. The fraction of sp³-hybridized carbons (Fsp3) is 0.533. The molecule has 19 heavy (non-hydrogen) atoms. The molecule has 0 heterocycles. The van der Waals surface area contributed by atoms with Gasteiger partial charge in [-0.15, -0.1) is 0 Å². The zero-order chi connectivity index (χ0) is 14.0. The normalized spacial score (nSPS) is 26.6. The Morgan fingerprint density at radius 1 is 1.47 bits per heavy atom. The molecule has 2 atom stereocenters. The highest BCUT2D eigenvalue weighted by molar-refractivity contribution is 6.42. The van der Waals surface area contributed by atoms with Crippen molar-refractivity contribution < 1.29 is 9.90 Å². The van der Waals surface area contributed by atoms with Crippen molar-refractivity contribution in [2.24, 2.45) is 11.3 Å². The Morgan fingerprint density at radius 3 is 2.79 bits per heavy atom. The molecule has 1 aromatic rings. The molecule has 0 amide bonds. The second-order valence-corrected chi connectivity index (χ2v) is 6.28. The summed E-state index contributed by atoms with van der Waals surface area (Å²) in [5.41, 5.74) is 0.169. The van der Waals surface area contributed by atoms with Crippen LogP contribution in [-0.2, 0) is 11.2 Å². The van der Waals surface area contributed by atoms with Gasteiger partial charge < -0.3 is 5.11 Å². The molecular formula is C15H18Cl2O2. The van der Waals surface area contributed by atoms with Crippen LogP contribution >= 0.6 is 23.2 Å². The average molecular weight is 301 g/mol. The molecule has 0 radical (unpaired) electrons. The van der Waals surface area contributed by atoms with Gasteiger partial charge in [-0.25, -0.2) is 0 Å². The lowest BCUT2D eigenvalue weighted by molar-refractivity contribution is -0.148. The van der Waals surface area contributed by atoms with Crippen molar-refractivity contribution in [3.05, 3.63) is 33.8 Å². The predicted molar refractivity (Wildman–Crippen MR) is 77.9 cm³/mol. The minimum atomic E-state index is -0.709. The summed E-state index contributed by atoms with van der Waals surface area (Å²) in [7, 11) is 0. The number of carboxylic acids is 1. The van der Waals surface area contributed by atoms with Crippen LogP contribution in [0.15, 0.2) is 18.2 Å². The van der Waals surface area contributed by atoms with Crippen LogP contribution in [0, 0.1) is 11.3 Å². The van der Waals surface area contributed by atoms with E-state index >= 15 is 0 Å². The Hall–Kier alpha value is -0.730. The number of rotatable bonds is 4. The van der Waals surface area contributed by atoms with Crippen LogP contribution in [0.1, 0.15) is 38.2 Å². The van der Waals surface area contributed by atoms with Gasteiger partial charge in [0.05, 0.1) is 15.5 Å². The van der Waals surface area contributed by atoms with E-state index in [1.165, 1.54) is 0 Å². The molecule has 2 rings (SSSR count). The van der Waals surface area contributed by atoms with Gasteiger partial charge in [0.1, 0.15) is 0 Å². The Kier molecular flexibility index (Phi) is 4.42. The maximum atomic E-state index is 11.7. The minimum absolute atomic E-state index is 0.470. The van der Waals surface area contributed by atoms with Crippen LogP contribution in [0.4, 0.5) is 0 Å². The van der Waals surface area contributed by atoms with Gasteiger partial charge in [0.15, 0.2) is 0 Å². The van der Waals surface area contributed by atoms with E-state index < -0.39 is 11.4 Å². The van der Waals surface area contributed by atoms with Crippen LogP contribution in [-0.4, -0.2) is 11.1 Å². The SMILES string of the molecule is CCC1CCC(Cc2cccc(Cl)c2Cl)(C(=O)O)C1. The van der Waals surface area contributed by atoms with Crippen molar-refractivity contribution in [2.45, 2.75) is 39.0 Å². The summed E-state index contributed by atoms with van der Waals surface area (Å²) in [5, 5.41) is 10.6.